The van der Waals surface area contributed by atoms with E-state index in [1.54, 1.807) is 32.2 Å². The zero-order valence-corrected chi connectivity index (χ0v) is 15.1. The van der Waals surface area contributed by atoms with Crippen molar-refractivity contribution in [3.8, 4) is 11.5 Å². The number of ether oxygens (including phenoxy) is 2. The van der Waals surface area contributed by atoms with E-state index in [1.165, 1.54) is 6.20 Å². The van der Waals surface area contributed by atoms with Crippen LogP contribution < -0.4 is 20.1 Å². The molecule has 2 N–H and O–H groups in total. The summed E-state index contributed by atoms with van der Waals surface area (Å²) in [6.07, 6.45) is 1.49. The molecule has 1 amide bonds. The van der Waals surface area contributed by atoms with Crippen LogP contribution in [0.3, 0.4) is 0 Å². The topological polar surface area (TPSA) is 98.5 Å². The molecule has 3 rings (SSSR count). The van der Waals surface area contributed by atoms with Crippen molar-refractivity contribution >= 4 is 17.5 Å². The van der Waals surface area contributed by atoms with E-state index < -0.39 is 0 Å². The molecule has 0 atom stereocenters. The Morgan fingerprint density at radius 3 is 2.52 bits per heavy atom. The van der Waals surface area contributed by atoms with Crippen LogP contribution in [0.15, 0.2) is 53.2 Å². The maximum absolute atomic E-state index is 12.1. The molecule has 2 aromatic heterocycles. The fraction of sp³-hybridized carbons (Fsp3) is 0.211. The lowest BCUT2D eigenvalue weighted by molar-refractivity contribution is 0.0946. The van der Waals surface area contributed by atoms with Crippen LogP contribution in [0.4, 0.5) is 11.6 Å². The number of carbonyl (C=O) groups excluding carboxylic acids is 1. The third kappa shape index (κ3) is 5.21. The van der Waals surface area contributed by atoms with Crippen molar-refractivity contribution in [2.45, 2.75) is 6.92 Å². The first-order valence-electron chi connectivity index (χ1n) is 8.35. The van der Waals surface area contributed by atoms with E-state index in [4.69, 9.17) is 14.0 Å². The lowest BCUT2D eigenvalue weighted by Crippen LogP contribution is -2.28. The normalized spacial score (nSPS) is 10.3. The molecule has 0 aliphatic heterocycles. The number of benzene rings is 1. The van der Waals surface area contributed by atoms with E-state index in [0.717, 1.165) is 5.75 Å². The number of aryl methyl sites for hydroxylation is 1. The summed E-state index contributed by atoms with van der Waals surface area (Å²) in [5.41, 5.74) is 0.460. The molecular formula is C19H20N4O4. The summed E-state index contributed by atoms with van der Waals surface area (Å²) in [5, 5.41) is 9.61. The minimum absolute atomic E-state index is 0.218. The van der Waals surface area contributed by atoms with Crippen LogP contribution in [0.2, 0.25) is 0 Å². The molecule has 3 aromatic rings. The van der Waals surface area contributed by atoms with Crippen LogP contribution in [0.25, 0.3) is 0 Å². The number of rotatable bonds is 8. The third-order valence-electron chi connectivity index (χ3n) is 3.63. The summed E-state index contributed by atoms with van der Waals surface area (Å²) < 4.78 is 15.6. The lowest BCUT2D eigenvalue weighted by Gasteiger charge is -2.08. The molecule has 0 saturated heterocycles. The van der Waals surface area contributed by atoms with Gasteiger partial charge in [0.25, 0.3) is 5.91 Å². The molecule has 1 aromatic carbocycles. The van der Waals surface area contributed by atoms with Crippen LogP contribution in [-0.2, 0) is 0 Å². The monoisotopic (exact) mass is 368 g/mol. The summed E-state index contributed by atoms with van der Waals surface area (Å²) in [7, 11) is 1.61. The van der Waals surface area contributed by atoms with Gasteiger partial charge in [0.2, 0.25) is 0 Å². The van der Waals surface area contributed by atoms with Gasteiger partial charge in [-0.25, -0.2) is 4.98 Å². The number of methoxy groups -OCH3 is 1. The fourth-order valence-electron chi connectivity index (χ4n) is 2.27. The Bertz CT molecular complexity index is 875. The Hall–Kier alpha value is -3.55. The molecule has 0 aliphatic rings. The van der Waals surface area contributed by atoms with Crippen LogP contribution in [-0.4, -0.2) is 36.3 Å². The predicted molar refractivity (Wildman–Crippen MR) is 99.6 cm³/mol. The van der Waals surface area contributed by atoms with Gasteiger partial charge in [0.15, 0.2) is 5.82 Å². The molecule has 0 fully saturated rings. The van der Waals surface area contributed by atoms with Gasteiger partial charge in [0.05, 0.1) is 19.2 Å². The minimum atomic E-state index is -0.218. The maximum atomic E-state index is 12.1. The number of amides is 1. The Morgan fingerprint density at radius 1 is 1.11 bits per heavy atom. The molecule has 2 heterocycles. The van der Waals surface area contributed by atoms with Gasteiger partial charge in [-0.15, -0.1) is 0 Å². The van der Waals surface area contributed by atoms with E-state index in [1.807, 2.05) is 24.3 Å². The van der Waals surface area contributed by atoms with Crippen molar-refractivity contribution in [3.63, 3.8) is 0 Å². The first-order chi connectivity index (χ1) is 13.1. The highest BCUT2D eigenvalue weighted by molar-refractivity contribution is 5.94. The first-order valence-corrected chi connectivity index (χ1v) is 8.35. The molecular weight excluding hydrogens is 348 g/mol. The Kier molecular flexibility index (Phi) is 5.88. The molecule has 8 nitrogen and oxygen atoms in total. The standard InChI is InChI=1S/C19H20N4O4/c1-13-11-18(23-27-13)22-17-8-3-14(12-21-17)19(24)20-9-10-26-16-6-4-15(25-2)5-7-16/h3-8,11-12H,9-10H2,1-2H3,(H,20,24)(H,21,22,23). The lowest BCUT2D eigenvalue weighted by atomic mass is 10.2. The highest BCUT2D eigenvalue weighted by atomic mass is 16.5. The van der Waals surface area contributed by atoms with E-state index >= 15 is 0 Å². The molecule has 0 bridgehead atoms. The molecule has 0 unspecified atom stereocenters. The quantitative estimate of drug-likeness (QED) is 0.590. The number of carbonyl (C=O) groups is 1. The molecule has 27 heavy (non-hydrogen) atoms. The number of nitrogens with zero attached hydrogens (tertiary/aromatic N) is 2. The van der Waals surface area contributed by atoms with E-state index in [-0.39, 0.29) is 5.91 Å². The summed E-state index contributed by atoms with van der Waals surface area (Å²) >= 11 is 0. The van der Waals surface area contributed by atoms with Crippen molar-refractivity contribution < 1.29 is 18.8 Å². The zero-order chi connectivity index (χ0) is 19.1. The molecule has 140 valence electrons. The smallest absolute Gasteiger partial charge is 0.252 e. The van der Waals surface area contributed by atoms with E-state index in [2.05, 4.69) is 20.8 Å². The van der Waals surface area contributed by atoms with E-state index in [9.17, 15) is 4.79 Å². The summed E-state index contributed by atoms with van der Waals surface area (Å²) in [6.45, 7) is 2.54. The van der Waals surface area contributed by atoms with Crippen molar-refractivity contribution in [2.75, 3.05) is 25.6 Å². The summed E-state index contributed by atoms with van der Waals surface area (Å²) in [4.78, 5) is 16.3. The average Bonchev–Trinajstić information content (AvgIpc) is 3.10. The highest BCUT2D eigenvalue weighted by Crippen LogP contribution is 2.17. The number of hydrogen-bond donors (Lipinski definition) is 2. The highest BCUT2D eigenvalue weighted by Gasteiger charge is 2.07. The second kappa shape index (κ2) is 8.70. The number of aromatic nitrogens is 2. The van der Waals surface area contributed by atoms with Crippen LogP contribution in [0, 0.1) is 6.92 Å². The number of pyridine rings is 1. The van der Waals surface area contributed by atoms with E-state index in [0.29, 0.717) is 41.9 Å². The van der Waals surface area contributed by atoms with Gasteiger partial charge < -0.3 is 24.6 Å². The SMILES string of the molecule is COc1ccc(OCCNC(=O)c2ccc(Nc3cc(C)on3)nc2)cc1. The first kappa shape index (κ1) is 18.2. The van der Waals surface area contributed by atoms with Crippen LogP contribution in [0.1, 0.15) is 16.1 Å². The number of hydrogen-bond acceptors (Lipinski definition) is 7. The molecule has 0 aliphatic carbocycles. The minimum Gasteiger partial charge on any atom is -0.497 e. The predicted octanol–water partition coefficient (Wildman–Crippen LogP) is 2.94. The van der Waals surface area contributed by atoms with Crippen molar-refractivity contribution in [2.24, 2.45) is 0 Å². The molecule has 0 spiro atoms. The molecule has 0 saturated carbocycles. The van der Waals surface area contributed by atoms with Gasteiger partial charge in [-0.3, -0.25) is 4.79 Å². The maximum Gasteiger partial charge on any atom is 0.252 e. The van der Waals surface area contributed by atoms with Gasteiger partial charge >= 0.3 is 0 Å². The Morgan fingerprint density at radius 2 is 1.89 bits per heavy atom. The van der Waals surface area contributed by atoms with Gasteiger partial charge in [-0.1, -0.05) is 5.16 Å². The second-order valence-corrected chi connectivity index (χ2v) is 5.66. The fourth-order valence-corrected chi connectivity index (χ4v) is 2.27. The van der Waals surface area contributed by atoms with Crippen LogP contribution >= 0.6 is 0 Å². The van der Waals surface area contributed by atoms with Crippen molar-refractivity contribution in [1.82, 2.24) is 15.5 Å². The Labute approximate surface area is 156 Å². The second-order valence-electron chi connectivity index (χ2n) is 5.66. The van der Waals surface area contributed by atoms with Gasteiger partial charge in [0.1, 0.15) is 29.7 Å². The Balaban J connectivity index is 1.43. The number of anilines is 2. The third-order valence-corrected chi connectivity index (χ3v) is 3.63. The van der Waals surface area contributed by atoms with Crippen molar-refractivity contribution in [3.05, 3.63) is 60.0 Å². The van der Waals surface area contributed by atoms with Gasteiger partial charge in [-0.2, -0.15) is 0 Å². The van der Waals surface area contributed by atoms with Gasteiger partial charge in [-0.05, 0) is 43.3 Å². The molecule has 0 radical (unpaired) electrons. The zero-order valence-electron chi connectivity index (χ0n) is 15.1. The summed E-state index contributed by atoms with van der Waals surface area (Å²) in [5.74, 6) is 3.09. The van der Waals surface area contributed by atoms with Crippen LogP contribution in [0.5, 0.6) is 11.5 Å². The number of nitrogens with one attached hydrogen (secondary N) is 2. The largest absolute Gasteiger partial charge is 0.497 e. The van der Waals surface area contributed by atoms with Gasteiger partial charge in [0, 0.05) is 12.3 Å². The van der Waals surface area contributed by atoms with Crippen molar-refractivity contribution in [1.29, 1.82) is 0 Å². The average molecular weight is 368 g/mol. The molecule has 8 heteroatoms. The summed E-state index contributed by atoms with van der Waals surface area (Å²) in [6, 6.07) is 12.4.